The first kappa shape index (κ1) is 15.3. The van der Waals surface area contributed by atoms with Crippen LogP contribution in [-0.2, 0) is 14.8 Å². The van der Waals surface area contributed by atoms with Gasteiger partial charge in [-0.1, -0.05) is 0 Å². The summed E-state index contributed by atoms with van der Waals surface area (Å²) < 4.78 is 34.3. The van der Waals surface area contributed by atoms with Crippen LogP contribution in [0.4, 0.5) is 0 Å². The third-order valence-corrected chi connectivity index (χ3v) is 4.79. The lowest BCUT2D eigenvalue weighted by Crippen LogP contribution is -2.19. The normalized spacial score (nSPS) is 23.0. The van der Waals surface area contributed by atoms with Crippen LogP contribution in [0, 0.1) is 13.8 Å². The van der Waals surface area contributed by atoms with Crippen molar-refractivity contribution in [2.45, 2.75) is 50.7 Å². The van der Waals surface area contributed by atoms with Gasteiger partial charge in [-0.05, 0) is 56.9 Å². The zero-order valence-electron chi connectivity index (χ0n) is 12.0. The Morgan fingerprint density at radius 2 is 2.00 bits per heavy atom. The molecule has 2 rings (SSSR count). The number of nitrogens with two attached hydrogens (primary N) is 1. The minimum atomic E-state index is -3.69. The number of sulfonamides is 1. The first-order valence-corrected chi connectivity index (χ1v) is 8.25. The highest BCUT2D eigenvalue weighted by atomic mass is 32.2. The monoisotopic (exact) mass is 299 g/mol. The summed E-state index contributed by atoms with van der Waals surface area (Å²) in [5, 5.41) is 5.18. The number of hydrogen-bond donors (Lipinski definition) is 1. The van der Waals surface area contributed by atoms with Gasteiger partial charge in [-0.15, -0.1) is 0 Å². The molecule has 1 aromatic rings. The van der Waals surface area contributed by atoms with E-state index in [1.807, 2.05) is 6.92 Å². The molecular formula is C14H21NO4S. The van der Waals surface area contributed by atoms with E-state index in [1.165, 1.54) is 6.07 Å². The van der Waals surface area contributed by atoms with Crippen LogP contribution in [0.3, 0.4) is 0 Å². The highest BCUT2D eigenvalue weighted by molar-refractivity contribution is 7.89. The fraction of sp³-hybridized carbons (Fsp3) is 0.571. The van der Waals surface area contributed by atoms with Crippen molar-refractivity contribution in [1.29, 1.82) is 0 Å². The Kier molecular flexibility index (Phi) is 4.36. The third-order valence-electron chi connectivity index (χ3n) is 3.74. The Hall–Kier alpha value is -1.11. The Balaban J connectivity index is 2.12. The average Bonchev–Trinajstić information content (AvgIpc) is 2.75. The Morgan fingerprint density at radius 1 is 1.30 bits per heavy atom. The minimum absolute atomic E-state index is 0.114. The highest BCUT2D eigenvalue weighted by Gasteiger charge is 2.23. The summed E-state index contributed by atoms with van der Waals surface area (Å²) in [7, 11) is -3.69. The molecule has 1 heterocycles. The maximum atomic E-state index is 11.4. The lowest BCUT2D eigenvalue weighted by Gasteiger charge is -2.16. The number of rotatable bonds is 4. The van der Waals surface area contributed by atoms with Gasteiger partial charge in [-0.2, -0.15) is 0 Å². The van der Waals surface area contributed by atoms with Gasteiger partial charge in [0.15, 0.2) is 0 Å². The Bertz CT molecular complexity index is 597. The van der Waals surface area contributed by atoms with Gasteiger partial charge in [-0.25, -0.2) is 13.6 Å². The SMILES string of the molecule is Cc1c(OCC2CCC(C)O2)ccc(S(N)(=O)=O)c1C. The van der Waals surface area contributed by atoms with Crippen molar-refractivity contribution in [1.82, 2.24) is 0 Å². The fourth-order valence-electron chi connectivity index (χ4n) is 2.43. The van der Waals surface area contributed by atoms with E-state index in [-0.39, 0.29) is 17.1 Å². The molecule has 1 saturated heterocycles. The van der Waals surface area contributed by atoms with Crippen molar-refractivity contribution < 1.29 is 17.9 Å². The van der Waals surface area contributed by atoms with Crippen LogP contribution in [0.25, 0.3) is 0 Å². The number of benzene rings is 1. The van der Waals surface area contributed by atoms with Crippen molar-refractivity contribution in [3.8, 4) is 5.75 Å². The second-order valence-corrected chi connectivity index (χ2v) is 6.84. The van der Waals surface area contributed by atoms with E-state index in [9.17, 15) is 8.42 Å². The van der Waals surface area contributed by atoms with Crippen LogP contribution in [-0.4, -0.2) is 27.2 Å². The summed E-state index contributed by atoms with van der Waals surface area (Å²) in [5.41, 5.74) is 1.42. The van der Waals surface area contributed by atoms with Crippen molar-refractivity contribution >= 4 is 10.0 Å². The van der Waals surface area contributed by atoms with Gasteiger partial charge >= 0.3 is 0 Å². The van der Waals surface area contributed by atoms with E-state index in [4.69, 9.17) is 14.6 Å². The van der Waals surface area contributed by atoms with E-state index in [0.29, 0.717) is 17.9 Å². The van der Waals surface area contributed by atoms with Gasteiger partial charge in [0.1, 0.15) is 12.4 Å². The molecule has 0 aliphatic carbocycles. The fourth-order valence-corrected chi connectivity index (χ4v) is 3.26. The molecule has 2 N–H and O–H groups in total. The molecule has 0 bridgehead atoms. The maximum absolute atomic E-state index is 11.4. The van der Waals surface area contributed by atoms with Gasteiger partial charge in [0.2, 0.25) is 10.0 Å². The van der Waals surface area contributed by atoms with Crippen molar-refractivity contribution in [2.24, 2.45) is 5.14 Å². The topological polar surface area (TPSA) is 78.6 Å². The molecule has 112 valence electrons. The minimum Gasteiger partial charge on any atom is -0.491 e. The van der Waals surface area contributed by atoms with E-state index >= 15 is 0 Å². The Morgan fingerprint density at radius 3 is 2.55 bits per heavy atom. The first-order chi connectivity index (χ1) is 9.29. The smallest absolute Gasteiger partial charge is 0.238 e. The first-order valence-electron chi connectivity index (χ1n) is 6.70. The summed E-state index contributed by atoms with van der Waals surface area (Å²) in [6.07, 6.45) is 2.45. The third kappa shape index (κ3) is 3.31. The van der Waals surface area contributed by atoms with E-state index in [2.05, 4.69) is 6.92 Å². The van der Waals surface area contributed by atoms with Crippen LogP contribution in [0.5, 0.6) is 5.75 Å². The van der Waals surface area contributed by atoms with Crippen LogP contribution in [0.15, 0.2) is 17.0 Å². The maximum Gasteiger partial charge on any atom is 0.238 e. The molecule has 0 aromatic heterocycles. The largest absolute Gasteiger partial charge is 0.491 e. The average molecular weight is 299 g/mol. The summed E-state index contributed by atoms with van der Waals surface area (Å²) >= 11 is 0. The lowest BCUT2D eigenvalue weighted by atomic mass is 10.1. The molecule has 1 aliphatic heterocycles. The molecular weight excluding hydrogens is 278 g/mol. The molecule has 2 unspecified atom stereocenters. The van der Waals surface area contributed by atoms with E-state index in [1.54, 1.807) is 13.0 Å². The molecule has 1 aliphatic rings. The molecule has 1 aromatic carbocycles. The molecule has 6 heteroatoms. The van der Waals surface area contributed by atoms with Crippen molar-refractivity contribution in [2.75, 3.05) is 6.61 Å². The van der Waals surface area contributed by atoms with Crippen molar-refractivity contribution in [3.63, 3.8) is 0 Å². The quantitative estimate of drug-likeness (QED) is 0.921. The second kappa shape index (κ2) is 5.71. The molecule has 5 nitrogen and oxygen atoms in total. The van der Waals surface area contributed by atoms with Gasteiger partial charge in [0.25, 0.3) is 0 Å². The summed E-state index contributed by atoms with van der Waals surface area (Å²) in [6, 6.07) is 3.14. The second-order valence-electron chi connectivity index (χ2n) is 5.31. The molecule has 0 radical (unpaired) electrons. The summed E-state index contributed by atoms with van der Waals surface area (Å²) in [6.45, 7) is 6.10. The standard InChI is InChI=1S/C14H21NO4S/c1-9-4-5-12(19-9)8-18-13-6-7-14(20(15,16)17)11(3)10(13)2/h6-7,9,12H,4-5,8H2,1-3H3,(H2,15,16,17). The summed E-state index contributed by atoms with van der Waals surface area (Å²) in [4.78, 5) is 0.146. The molecule has 0 saturated carbocycles. The summed E-state index contributed by atoms with van der Waals surface area (Å²) in [5.74, 6) is 0.679. The predicted octanol–water partition coefficient (Wildman–Crippen LogP) is 1.90. The number of hydrogen-bond acceptors (Lipinski definition) is 4. The number of ether oxygens (including phenoxy) is 2. The van der Waals surface area contributed by atoms with Crippen LogP contribution in [0.1, 0.15) is 30.9 Å². The lowest BCUT2D eigenvalue weighted by molar-refractivity contribution is 0.0263. The van der Waals surface area contributed by atoms with Gasteiger partial charge in [0, 0.05) is 0 Å². The van der Waals surface area contributed by atoms with Gasteiger partial charge in [0.05, 0.1) is 17.1 Å². The molecule has 1 fully saturated rings. The van der Waals surface area contributed by atoms with Gasteiger partial charge < -0.3 is 9.47 Å². The van der Waals surface area contributed by atoms with Crippen LogP contribution in [0.2, 0.25) is 0 Å². The predicted molar refractivity (Wildman–Crippen MR) is 76.4 cm³/mol. The van der Waals surface area contributed by atoms with E-state index in [0.717, 1.165) is 18.4 Å². The zero-order chi connectivity index (χ0) is 14.9. The Labute approximate surface area is 120 Å². The van der Waals surface area contributed by atoms with Gasteiger partial charge in [-0.3, -0.25) is 0 Å². The highest BCUT2D eigenvalue weighted by Crippen LogP contribution is 2.27. The molecule has 0 spiro atoms. The molecule has 20 heavy (non-hydrogen) atoms. The number of primary sulfonamides is 1. The molecule has 2 atom stereocenters. The zero-order valence-corrected chi connectivity index (χ0v) is 12.9. The van der Waals surface area contributed by atoms with E-state index < -0.39 is 10.0 Å². The van der Waals surface area contributed by atoms with Crippen LogP contribution >= 0.6 is 0 Å². The molecule has 0 amide bonds. The van der Waals surface area contributed by atoms with Crippen molar-refractivity contribution in [3.05, 3.63) is 23.3 Å². The van der Waals surface area contributed by atoms with Crippen LogP contribution < -0.4 is 9.88 Å².